The van der Waals surface area contributed by atoms with Gasteiger partial charge < -0.3 is 19.0 Å². The van der Waals surface area contributed by atoms with Gasteiger partial charge in [0.1, 0.15) is 18.1 Å². The lowest BCUT2D eigenvalue weighted by atomic mass is 10.1. The second-order valence-corrected chi connectivity index (χ2v) is 4.06. The maximum Gasteiger partial charge on any atom is 0.191 e. The molecule has 0 amide bonds. The van der Waals surface area contributed by atoms with Crippen LogP contribution in [0.15, 0.2) is 24.3 Å². The van der Waals surface area contributed by atoms with E-state index >= 15 is 0 Å². The lowest BCUT2D eigenvalue weighted by Crippen LogP contribution is -2.21. The molecule has 0 spiro atoms. The number of ketones is 1. The highest BCUT2D eigenvalue weighted by Gasteiger charge is 2.05. The summed E-state index contributed by atoms with van der Waals surface area (Å²) in [6, 6.07) is 7.70. The molecule has 1 aromatic rings. The van der Waals surface area contributed by atoms with E-state index in [0.717, 1.165) is 17.7 Å². The summed E-state index contributed by atoms with van der Waals surface area (Å²) in [5.74, 6) is 0.971. The van der Waals surface area contributed by atoms with Gasteiger partial charge in [0.15, 0.2) is 6.29 Å². The number of carbonyl (C=O) groups is 1. The molecule has 0 aliphatic heterocycles. The van der Waals surface area contributed by atoms with Gasteiger partial charge >= 0.3 is 0 Å². The summed E-state index contributed by atoms with van der Waals surface area (Å²) in [5, 5.41) is 0. The number of benzene rings is 1. The van der Waals surface area contributed by atoms with Gasteiger partial charge in [0.05, 0.1) is 0 Å². The number of rotatable bonds is 8. The summed E-state index contributed by atoms with van der Waals surface area (Å²) >= 11 is 0. The summed E-state index contributed by atoms with van der Waals surface area (Å²) in [6.07, 6.45) is 0.992. The Morgan fingerprint density at radius 2 is 1.78 bits per heavy atom. The van der Waals surface area contributed by atoms with Crippen molar-refractivity contribution in [3.8, 4) is 5.75 Å². The average Bonchev–Trinajstić information content (AvgIpc) is 2.39. The van der Waals surface area contributed by atoms with Crippen molar-refractivity contribution in [2.45, 2.75) is 26.1 Å². The van der Waals surface area contributed by atoms with Gasteiger partial charge in [0, 0.05) is 20.6 Å². The van der Waals surface area contributed by atoms with E-state index in [4.69, 9.17) is 14.2 Å². The van der Waals surface area contributed by atoms with E-state index < -0.39 is 0 Å². The number of Topliss-reactive ketones (excluding diaryl/α,β-unsaturated/α-hetero) is 1. The molecular formula is C14H20O4. The maximum absolute atomic E-state index is 10.9. The van der Waals surface area contributed by atoms with Crippen LogP contribution in [0.25, 0.3) is 0 Å². The van der Waals surface area contributed by atoms with E-state index in [1.54, 1.807) is 21.1 Å². The Balaban J connectivity index is 2.42. The Hall–Kier alpha value is -1.39. The lowest BCUT2D eigenvalue weighted by molar-refractivity contribution is -0.122. The number of carbonyl (C=O) groups excluding carboxylic acids is 1. The molecule has 0 unspecified atom stereocenters. The Labute approximate surface area is 108 Å². The predicted molar refractivity (Wildman–Crippen MR) is 68.7 cm³/mol. The van der Waals surface area contributed by atoms with Crippen molar-refractivity contribution < 1.29 is 19.0 Å². The van der Waals surface area contributed by atoms with E-state index in [0.29, 0.717) is 13.0 Å². The molecule has 4 nitrogen and oxygen atoms in total. The highest BCUT2D eigenvalue weighted by molar-refractivity contribution is 5.75. The van der Waals surface area contributed by atoms with Crippen LogP contribution < -0.4 is 4.74 Å². The zero-order chi connectivity index (χ0) is 13.4. The summed E-state index contributed by atoms with van der Waals surface area (Å²) in [4.78, 5) is 10.9. The number of hydrogen-bond acceptors (Lipinski definition) is 4. The van der Waals surface area contributed by atoms with Crippen molar-refractivity contribution in [1.82, 2.24) is 0 Å². The molecule has 0 saturated carbocycles. The average molecular weight is 252 g/mol. The fourth-order valence-corrected chi connectivity index (χ4v) is 1.47. The Bertz CT molecular complexity index is 355. The van der Waals surface area contributed by atoms with Gasteiger partial charge in [-0.1, -0.05) is 12.1 Å². The molecule has 18 heavy (non-hydrogen) atoms. The minimum atomic E-state index is -0.359. The molecule has 0 atom stereocenters. The number of methoxy groups -OCH3 is 2. The molecule has 1 aromatic carbocycles. The first-order chi connectivity index (χ1) is 8.65. The van der Waals surface area contributed by atoms with E-state index in [-0.39, 0.29) is 12.1 Å². The van der Waals surface area contributed by atoms with E-state index in [1.165, 1.54) is 0 Å². The van der Waals surface area contributed by atoms with Gasteiger partial charge in [-0.15, -0.1) is 0 Å². The van der Waals surface area contributed by atoms with Crippen molar-refractivity contribution in [1.29, 1.82) is 0 Å². The molecule has 1 rings (SSSR count). The highest BCUT2D eigenvalue weighted by Crippen LogP contribution is 2.14. The summed E-state index contributed by atoms with van der Waals surface area (Å²) in [5.41, 5.74) is 1.13. The van der Waals surface area contributed by atoms with Gasteiger partial charge in [0.2, 0.25) is 0 Å². The van der Waals surface area contributed by atoms with Gasteiger partial charge in [-0.2, -0.15) is 0 Å². The summed E-state index contributed by atoms with van der Waals surface area (Å²) in [7, 11) is 3.14. The fraction of sp³-hybridized carbons (Fsp3) is 0.500. The minimum absolute atomic E-state index is 0.207. The third kappa shape index (κ3) is 5.29. The fourth-order valence-electron chi connectivity index (χ4n) is 1.47. The molecule has 4 heteroatoms. The second-order valence-electron chi connectivity index (χ2n) is 4.06. The smallest absolute Gasteiger partial charge is 0.191 e. The predicted octanol–water partition coefficient (Wildman–Crippen LogP) is 2.21. The summed E-state index contributed by atoms with van der Waals surface area (Å²) in [6.45, 7) is 1.95. The molecule has 0 heterocycles. The van der Waals surface area contributed by atoms with Gasteiger partial charge in [-0.3, -0.25) is 0 Å². The molecule has 0 fully saturated rings. The van der Waals surface area contributed by atoms with Crippen LogP contribution in [0, 0.1) is 0 Å². The standard InChI is InChI=1S/C14H20O4/c1-11(15)4-5-12-6-8-13(9-7-12)18-10-14(16-2)17-3/h6-9,14H,4-5,10H2,1-3H3. The van der Waals surface area contributed by atoms with Crippen LogP contribution in [0.2, 0.25) is 0 Å². The number of hydrogen-bond donors (Lipinski definition) is 0. The zero-order valence-corrected chi connectivity index (χ0v) is 11.1. The monoisotopic (exact) mass is 252 g/mol. The zero-order valence-electron chi connectivity index (χ0n) is 11.1. The molecule has 0 N–H and O–H groups in total. The van der Waals surface area contributed by atoms with Crippen LogP contribution in [0.4, 0.5) is 0 Å². The van der Waals surface area contributed by atoms with E-state index in [9.17, 15) is 4.79 Å². The summed E-state index contributed by atoms with van der Waals surface area (Å²) < 4.78 is 15.6. The minimum Gasteiger partial charge on any atom is -0.488 e. The quantitative estimate of drug-likeness (QED) is 0.665. The molecule has 0 aliphatic carbocycles. The Kier molecular flexibility index (Phi) is 6.39. The third-order valence-electron chi connectivity index (χ3n) is 2.60. The van der Waals surface area contributed by atoms with Crippen LogP contribution in [0.5, 0.6) is 5.75 Å². The van der Waals surface area contributed by atoms with Crippen molar-refractivity contribution in [3.63, 3.8) is 0 Å². The first-order valence-corrected chi connectivity index (χ1v) is 5.92. The van der Waals surface area contributed by atoms with Crippen LogP contribution in [0.1, 0.15) is 18.9 Å². The first kappa shape index (κ1) is 14.7. The van der Waals surface area contributed by atoms with Crippen LogP contribution in [-0.2, 0) is 20.7 Å². The number of ether oxygens (including phenoxy) is 3. The molecule has 0 radical (unpaired) electrons. The van der Waals surface area contributed by atoms with Crippen LogP contribution in [0.3, 0.4) is 0 Å². The molecular weight excluding hydrogens is 232 g/mol. The highest BCUT2D eigenvalue weighted by atomic mass is 16.7. The Morgan fingerprint density at radius 3 is 2.28 bits per heavy atom. The molecule has 0 aliphatic rings. The van der Waals surface area contributed by atoms with Crippen LogP contribution >= 0.6 is 0 Å². The van der Waals surface area contributed by atoms with Crippen molar-refractivity contribution in [2.24, 2.45) is 0 Å². The second kappa shape index (κ2) is 7.84. The van der Waals surface area contributed by atoms with Gasteiger partial charge in [-0.05, 0) is 31.0 Å². The first-order valence-electron chi connectivity index (χ1n) is 5.92. The number of aryl methyl sites for hydroxylation is 1. The SMILES string of the molecule is COC(COc1ccc(CCC(C)=O)cc1)OC. The Morgan fingerprint density at radius 1 is 1.17 bits per heavy atom. The lowest BCUT2D eigenvalue weighted by Gasteiger charge is -2.14. The van der Waals surface area contributed by atoms with Gasteiger partial charge in [0.25, 0.3) is 0 Å². The molecule has 0 saturated heterocycles. The molecule has 0 aromatic heterocycles. The molecule has 100 valence electrons. The van der Waals surface area contributed by atoms with Gasteiger partial charge in [-0.25, -0.2) is 0 Å². The van der Waals surface area contributed by atoms with Crippen LogP contribution in [-0.4, -0.2) is 32.9 Å². The van der Waals surface area contributed by atoms with E-state index in [2.05, 4.69) is 0 Å². The van der Waals surface area contributed by atoms with Crippen molar-refractivity contribution in [2.75, 3.05) is 20.8 Å². The van der Waals surface area contributed by atoms with Crippen molar-refractivity contribution >= 4 is 5.78 Å². The maximum atomic E-state index is 10.9. The largest absolute Gasteiger partial charge is 0.488 e. The van der Waals surface area contributed by atoms with Crippen molar-refractivity contribution in [3.05, 3.63) is 29.8 Å². The normalized spacial score (nSPS) is 10.7. The molecule has 0 bridgehead atoms. The topological polar surface area (TPSA) is 44.8 Å². The third-order valence-corrected chi connectivity index (χ3v) is 2.60. The van der Waals surface area contributed by atoms with E-state index in [1.807, 2.05) is 24.3 Å².